The molecule has 0 saturated heterocycles. The van der Waals surface area contributed by atoms with Crippen LogP contribution in [0.4, 0.5) is 15.9 Å². The molecule has 33 heavy (non-hydrogen) atoms. The molecule has 0 unspecified atom stereocenters. The number of benzene rings is 2. The maximum Gasteiger partial charge on any atom is 0.197 e. The van der Waals surface area contributed by atoms with E-state index in [4.69, 9.17) is 19.9 Å². The van der Waals surface area contributed by atoms with Crippen molar-refractivity contribution in [2.24, 2.45) is 0 Å². The highest BCUT2D eigenvalue weighted by Crippen LogP contribution is 2.41. The molecule has 0 spiro atoms. The van der Waals surface area contributed by atoms with E-state index >= 15 is 4.39 Å². The zero-order valence-electron chi connectivity index (χ0n) is 20.5. The van der Waals surface area contributed by atoms with Crippen molar-refractivity contribution in [1.82, 2.24) is 4.57 Å². The Hall–Kier alpha value is -3.42. The molecule has 1 heterocycles. The summed E-state index contributed by atoms with van der Waals surface area (Å²) in [4.78, 5) is 15.3. The number of nitrogen functional groups attached to an aromatic ring is 1. The fraction of sp³-hybridized carbons (Fsp3) is 0.400. The SMILES string of the molecule is COc1cc2cn(CC(=O)c3cc(N(C)C)c(OC)c(C(C)(C)C)c3)c(N)c2c(F)c1OC. The van der Waals surface area contributed by atoms with E-state index in [9.17, 15) is 4.79 Å². The third-order valence-corrected chi connectivity index (χ3v) is 5.70. The first-order valence-corrected chi connectivity index (χ1v) is 10.6. The van der Waals surface area contributed by atoms with Crippen LogP contribution in [0.5, 0.6) is 17.2 Å². The van der Waals surface area contributed by atoms with Crippen molar-refractivity contribution in [3.8, 4) is 17.2 Å². The van der Waals surface area contributed by atoms with Crippen LogP contribution in [-0.4, -0.2) is 45.8 Å². The van der Waals surface area contributed by atoms with Crippen molar-refractivity contribution in [1.29, 1.82) is 0 Å². The predicted molar refractivity (Wildman–Crippen MR) is 130 cm³/mol. The maximum absolute atomic E-state index is 15.1. The van der Waals surface area contributed by atoms with Crippen LogP contribution in [0.2, 0.25) is 0 Å². The highest BCUT2D eigenvalue weighted by Gasteiger charge is 2.26. The van der Waals surface area contributed by atoms with Gasteiger partial charge in [0.2, 0.25) is 0 Å². The number of nitrogens with zero attached hydrogens (tertiary/aromatic N) is 2. The van der Waals surface area contributed by atoms with Crippen LogP contribution >= 0.6 is 0 Å². The van der Waals surface area contributed by atoms with Gasteiger partial charge in [0, 0.05) is 36.8 Å². The Kier molecular flexibility index (Phi) is 6.49. The van der Waals surface area contributed by atoms with E-state index < -0.39 is 5.82 Å². The molecule has 0 radical (unpaired) electrons. The van der Waals surface area contributed by atoms with Crippen LogP contribution < -0.4 is 24.8 Å². The molecule has 3 aromatic rings. The molecule has 2 aromatic carbocycles. The summed E-state index contributed by atoms with van der Waals surface area (Å²) >= 11 is 0. The van der Waals surface area contributed by atoms with E-state index in [0.717, 1.165) is 17.0 Å². The summed E-state index contributed by atoms with van der Waals surface area (Å²) in [5, 5.41) is 0.717. The zero-order chi connectivity index (χ0) is 24.7. The Morgan fingerprint density at radius 1 is 1.06 bits per heavy atom. The third kappa shape index (κ3) is 4.29. The number of hydrogen-bond donors (Lipinski definition) is 1. The van der Waals surface area contributed by atoms with Crippen LogP contribution in [0.3, 0.4) is 0 Å². The van der Waals surface area contributed by atoms with Crippen LogP contribution in [0.25, 0.3) is 10.8 Å². The summed E-state index contributed by atoms with van der Waals surface area (Å²) in [6, 6.07) is 5.31. The predicted octanol–water partition coefficient (Wildman–Crippen LogP) is 4.63. The molecule has 0 aliphatic carbocycles. The number of carbonyl (C=O) groups excluding carboxylic acids is 1. The number of halogens is 1. The standard InChI is InChI=1S/C25H32FN3O4/c1-25(2,3)16-9-14(10-17(28(4)5)22(16)32-7)18(30)13-29-12-15-11-19(31-6)23(33-8)21(26)20(15)24(29)27/h9-12H,13,27H2,1-8H3. The van der Waals surface area contributed by atoms with Gasteiger partial charge in [-0.15, -0.1) is 0 Å². The number of carbonyl (C=O) groups is 1. The molecule has 0 saturated carbocycles. The van der Waals surface area contributed by atoms with Crippen molar-refractivity contribution in [3.63, 3.8) is 0 Å². The average Bonchev–Trinajstić information content (AvgIpc) is 3.06. The summed E-state index contributed by atoms with van der Waals surface area (Å²) < 4.78 is 32.7. The number of fused-ring (bicyclic) bond motifs is 1. The van der Waals surface area contributed by atoms with Crippen molar-refractivity contribution in [2.75, 3.05) is 46.1 Å². The second kappa shape index (κ2) is 8.84. The first kappa shape index (κ1) is 24.2. The smallest absolute Gasteiger partial charge is 0.197 e. The van der Waals surface area contributed by atoms with Crippen LogP contribution in [0.1, 0.15) is 36.7 Å². The largest absolute Gasteiger partial charge is 0.494 e. The van der Waals surface area contributed by atoms with E-state index in [1.54, 1.807) is 23.9 Å². The van der Waals surface area contributed by atoms with Crippen LogP contribution in [0.15, 0.2) is 24.4 Å². The summed E-state index contributed by atoms with van der Waals surface area (Å²) in [5.41, 5.74) is 8.26. The van der Waals surface area contributed by atoms with Crippen molar-refractivity contribution in [3.05, 3.63) is 41.3 Å². The number of rotatable bonds is 7. The number of hydrogen-bond acceptors (Lipinski definition) is 6. The van der Waals surface area contributed by atoms with Gasteiger partial charge in [-0.3, -0.25) is 4.79 Å². The normalized spacial score (nSPS) is 11.5. The quantitative estimate of drug-likeness (QED) is 0.521. The minimum Gasteiger partial charge on any atom is -0.494 e. The lowest BCUT2D eigenvalue weighted by Gasteiger charge is -2.27. The zero-order valence-corrected chi connectivity index (χ0v) is 20.5. The summed E-state index contributed by atoms with van der Waals surface area (Å²) in [6.45, 7) is 6.16. The Labute approximate surface area is 193 Å². The fourth-order valence-electron chi connectivity index (χ4n) is 3.97. The molecule has 1 aromatic heterocycles. The Morgan fingerprint density at radius 3 is 2.21 bits per heavy atom. The van der Waals surface area contributed by atoms with Gasteiger partial charge in [0.1, 0.15) is 11.6 Å². The van der Waals surface area contributed by atoms with Gasteiger partial charge in [0.15, 0.2) is 23.1 Å². The average molecular weight is 458 g/mol. The van der Waals surface area contributed by atoms with Crippen molar-refractivity contribution < 1.29 is 23.4 Å². The summed E-state index contributed by atoms with van der Waals surface area (Å²) in [7, 11) is 8.23. The molecule has 0 aliphatic heterocycles. The van der Waals surface area contributed by atoms with Gasteiger partial charge in [0.25, 0.3) is 0 Å². The van der Waals surface area contributed by atoms with Gasteiger partial charge < -0.3 is 29.4 Å². The van der Waals surface area contributed by atoms with Gasteiger partial charge >= 0.3 is 0 Å². The maximum atomic E-state index is 15.1. The van der Waals surface area contributed by atoms with Gasteiger partial charge in [-0.1, -0.05) is 20.8 Å². The molecule has 0 aliphatic rings. The van der Waals surface area contributed by atoms with E-state index in [1.165, 1.54) is 14.2 Å². The lowest BCUT2D eigenvalue weighted by molar-refractivity contribution is 0.0973. The van der Waals surface area contributed by atoms with Gasteiger partial charge in [0.05, 0.1) is 38.9 Å². The summed E-state index contributed by atoms with van der Waals surface area (Å²) in [5.74, 6) is 0.334. The van der Waals surface area contributed by atoms with E-state index in [-0.39, 0.29) is 40.4 Å². The topological polar surface area (TPSA) is 79.0 Å². The fourth-order valence-corrected chi connectivity index (χ4v) is 3.97. The number of anilines is 2. The number of aromatic nitrogens is 1. The molecule has 8 heteroatoms. The minimum absolute atomic E-state index is 0.0265. The molecule has 7 nitrogen and oxygen atoms in total. The third-order valence-electron chi connectivity index (χ3n) is 5.70. The molecule has 0 atom stereocenters. The monoisotopic (exact) mass is 457 g/mol. The van der Waals surface area contributed by atoms with Gasteiger partial charge in [-0.2, -0.15) is 0 Å². The Balaban J connectivity index is 2.10. The summed E-state index contributed by atoms with van der Waals surface area (Å²) in [6.07, 6.45) is 1.65. The van der Waals surface area contributed by atoms with Gasteiger partial charge in [-0.25, -0.2) is 4.39 Å². The number of ketones is 1. The highest BCUT2D eigenvalue weighted by molar-refractivity contribution is 6.00. The highest BCUT2D eigenvalue weighted by atomic mass is 19.1. The van der Waals surface area contributed by atoms with Crippen molar-refractivity contribution >= 4 is 28.1 Å². The Morgan fingerprint density at radius 2 is 1.70 bits per heavy atom. The molecule has 3 rings (SSSR count). The second-order valence-electron chi connectivity index (χ2n) is 9.18. The first-order valence-electron chi connectivity index (χ1n) is 10.6. The second-order valence-corrected chi connectivity index (χ2v) is 9.18. The molecule has 178 valence electrons. The first-order chi connectivity index (χ1) is 15.4. The lowest BCUT2D eigenvalue weighted by atomic mass is 9.84. The van der Waals surface area contributed by atoms with E-state index in [1.807, 2.05) is 31.1 Å². The Bertz CT molecular complexity index is 1210. The number of ether oxygens (including phenoxy) is 3. The number of methoxy groups -OCH3 is 3. The molecule has 2 N–H and O–H groups in total. The number of Topliss-reactive ketones (excluding diaryl/α,β-unsaturated/α-hetero) is 1. The van der Waals surface area contributed by atoms with E-state index in [2.05, 4.69) is 20.8 Å². The van der Waals surface area contributed by atoms with Crippen LogP contribution in [-0.2, 0) is 12.0 Å². The van der Waals surface area contributed by atoms with E-state index in [0.29, 0.717) is 10.9 Å². The van der Waals surface area contributed by atoms with Crippen molar-refractivity contribution in [2.45, 2.75) is 32.7 Å². The molecule has 0 bridgehead atoms. The molecule has 0 fully saturated rings. The number of nitrogens with two attached hydrogens (primary N) is 1. The van der Waals surface area contributed by atoms with Crippen LogP contribution in [0, 0.1) is 5.82 Å². The molecular formula is C25H32FN3O4. The minimum atomic E-state index is -0.620. The van der Waals surface area contributed by atoms with Gasteiger partial charge in [-0.05, 0) is 23.6 Å². The molecular weight excluding hydrogens is 425 g/mol. The lowest BCUT2D eigenvalue weighted by Crippen LogP contribution is -2.20. The molecule has 0 amide bonds.